The molecule has 3 rings (SSSR count). The van der Waals surface area contributed by atoms with Crippen molar-refractivity contribution in [3.8, 4) is 11.5 Å². The molecule has 24 heavy (non-hydrogen) atoms. The minimum Gasteiger partial charge on any atom is -0.497 e. The number of ether oxygens (including phenoxy) is 2. The lowest BCUT2D eigenvalue weighted by Crippen LogP contribution is -2.43. The lowest BCUT2D eigenvalue weighted by molar-refractivity contribution is -0.122. The molecular formula is C17H25N3O3S. The van der Waals surface area contributed by atoms with Crippen LogP contribution in [0.3, 0.4) is 0 Å². The zero-order valence-corrected chi connectivity index (χ0v) is 15.0. The average Bonchev–Trinajstić information content (AvgIpc) is 3.30. The van der Waals surface area contributed by atoms with E-state index >= 15 is 0 Å². The van der Waals surface area contributed by atoms with Gasteiger partial charge in [-0.2, -0.15) is 0 Å². The standard InChI is InChI=1S/C17H25N3O3S/c1-22-14-5-13(6-15(7-14)23-2)20-4-3-12(9-20)8-18-17(21)16-10-24-11-19-16/h5-7,12,16,19H,3-4,8-11H2,1-2H3,(H,18,21). The Morgan fingerprint density at radius 1 is 1.33 bits per heavy atom. The van der Waals surface area contributed by atoms with Crippen molar-refractivity contribution < 1.29 is 14.3 Å². The summed E-state index contributed by atoms with van der Waals surface area (Å²) in [6.07, 6.45) is 1.08. The van der Waals surface area contributed by atoms with Gasteiger partial charge < -0.3 is 19.7 Å². The van der Waals surface area contributed by atoms with Gasteiger partial charge in [0, 0.05) is 55.2 Å². The highest BCUT2D eigenvalue weighted by molar-refractivity contribution is 7.99. The van der Waals surface area contributed by atoms with Crippen LogP contribution in [0, 0.1) is 5.92 Å². The minimum atomic E-state index is -0.0323. The van der Waals surface area contributed by atoms with Gasteiger partial charge in [0.15, 0.2) is 0 Å². The Hall–Kier alpha value is -1.60. The summed E-state index contributed by atoms with van der Waals surface area (Å²) in [6.45, 7) is 2.65. The van der Waals surface area contributed by atoms with Crippen molar-refractivity contribution >= 4 is 23.4 Å². The molecule has 2 unspecified atom stereocenters. The first-order chi connectivity index (χ1) is 11.7. The van der Waals surface area contributed by atoms with Crippen LogP contribution in [-0.4, -0.2) is 57.4 Å². The first-order valence-corrected chi connectivity index (χ1v) is 9.42. The maximum Gasteiger partial charge on any atom is 0.238 e. The molecule has 0 bridgehead atoms. The Morgan fingerprint density at radius 3 is 2.71 bits per heavy atom. The number of benzene rings is 1. The van der Waals surface area contributed by atoms with Gasteiger partial charge in [-0.25, -0.2) is 0 Å². The first kappa shape index (κ1) is 17.2. The monoisotopic (exact) mass is 351 g/mol. The summed E-state index contributed by atoms with van der Waals surface area (Å²) >= 11 is 1.77. The minimum absolute atomic E-state index is 0.0323. The van der Waals surface area contributed by atoms with Crippen LogP contribution in [0.1, 0.15) is 6.42 Å². The van der Waals surface area contributed by atoms with Gasteiger partial charge >= 0.3 is 0 Å². The fourth-order valence-corrected chi connectivity index (χ4v) is 4.08. The molecule has 2 heterocycles. The molecule has 1 amide bonds. The second-order valence-corrected chi connectivity index (χ2v) is 7.22. The van der Waals surface area contributed by atoms with E-state index in [0.717, 1.165) is 54.9 Å². The van der Waals surface area contributed by atoms with Gasteiger partial charge in [-0.05, 0) is 12.3 Å². The van der Waals surface area contributed by atoms with E-state index in [4.69, 9.17) is 9.47 Å². The molecule has 2 atom stereocenters. The Labute approximate surface area is 147 Å². The van der Waals surface area contributed by atoms with Crippen LogP contribution >= 0.6 is 11.8 Å². The van der Waals surface area contributed by atoms with Gasteiger partial charge in [0.25, 0.3) is 0 Å². The van der Waals surface area contributed by atoms with Crippen molar-refractivity contribution in [3.05, 3.63) is 18.2 Å². The summed E-state index contributed by atoms with van der Waals surface area (Å²) < 4.78 is 10.7. The lowest BCUT2D eigenvalue weighted by atomic mass is 10.1. The lowest BCUT2D eigenvalue weighted by Gasteiger charge is -2.20. The molecule has 2 aliphatic rings. The number of methoxy groups -OCH3 is 2. The van der Waals surface area contributed by atoms with E-state index in [1.165, 1.54) is 0 Å². The molecule has 2 aliphatic heterocycles. The van der Waals surface area contributed by atoms with Gasteiger partial charge in [-0.15, -0.1) is 11.8 Å². The largest absolute Gasteiger partial charge is 0.497 e. The van der Waals surface area contributed by atoms with Crippen LogP contribution in [0.25, 0.3) is 0 Å². The number of thioether (sulfide) groups is 1. The Balaban J connectivity index is 1.54. The van der Waals surface area contributed by atoms with Gasteiger partial charge in [-0.1, -0.05) is 0 Å². The van der Waals surface area contributed by atoms with Gasteiger partial charge in [0.1, 0.15) is 11.5 Å². The summed E-state index contributed by atoms with van der Waals surface area (Å²) in [4.78, 5) is 14.4. The van der Waals surface area contributed by atoms with Gasteiger partial charge in [0.2, 0.25) is 5.91 Å². The number of hydrogen-bond donors (Lipinski definition) is 2. The molecule has 7 heteroatoms. The zero-order chi connectivity index (χ0) is 16.9. The predicted octanol–water partition coefficient (Wildman–Crippen LogP) is 1.31. The number of hydrogen-bond acceptors (Lipinski definition) is 6. The summed E-state index contributed by atoms with van der Waals surface area (Å²) in [5, 5.41) is 6.30. The fourth-order valence-electron chi connectivity index (χ4n) is 3.14. The summed E-state index contributed by atoms with van der Waals surface area (Å²) in [5.74, 6) is 3.93. The molecule has 0 spiro atoms. The third-order valence-corrected chi connectivity index (χ3v) is 5.52. The Bertz CT molecular complexity index is 556. The highest BCUT2D eigenvalue weighted by Crippen LogP contribution is 2.31. The predicted molar refractivity (Wildman–Crippen MR) is 97.1 cm³/mol. The van der Waals surface area contributed by atoms with Gasteiger partial charge in [-0.3, -0.25) is 10.1 Å². The third kappa shape index (κ3) is 4.08. The van der Waals surface area contributed by atoms with Crippen molar-refractivity contribution in [1.29, 1.82) is 0 Å². The molecule has 0 radical (unpaired) electrons. The maximum atomic E-state index is 12.1. The summed E-state index contributed by atoms with van der Waals surface area (Å²) in [5.41, 5.74) is 1.11. The number of carbonyl (C=O) groups excluding carboxylic acids is 1. The van der Waals surface area contributed by atoms with Crippen molar-refractivity contribution in [3.63, 3.8) is 0 Å². The normalized spacial score (nSPS) is 23.3. The summed E-state index contributed by atoms with van der Waals surface area (Å²) in [6, 6.07) is 5.91. The number of carbonyl (C=O) groups is 1. The highest BCUT2D eigenvalue weighted by Gasteiger charge is 2.26. The zero-order valence-electron chi connectivity index (χ0n) is 14.2. The molecule has 1 aromatic carbocycles. The summed E-state index contributed by atoms with van der Waals surface area (Å²) in [7, 11) is 3.33. The number of nitrogens with one attached hydrogen (secondary N) is 2. The second kappa shape index (κ2) is 7.98. The smallest absolute Gasteiger partial charge is 0.238 e. The van der Waals surface area contributed by atoms with E-state index in [2.05, 4.69) is 15.5 Å². The molecular weight excluding hydrogens is 326 g/mol. The molecule has 1 aromatic rings. The average molecular weight is 351 g/mol. The Morgan fingerprint density at radius 2 is 2.08 bits per heavy atom. The first-order valence-electron chi connectivity index (χ1n) is 8.26. The molecule has 132 valence electrons. The fraction of sp³-hybridized carbons (Fsp3) is 0.588. The van der Waals surface area contributed by atoms with E-state index in [9.17, 15) is 4.79 Å². The molecule has 2 saturated heterocycles. The van der Waals surface area contributed by atoms with E-state index in [1.54, 1.807) is 26.0 Å². The van der Waals surface area contributed by atoms with Crippen LogP contribution in [-0.2, 0) is 4.79 Å². The van der Waals surface area contributed by atoms with E-state index in [1.807, 2.05) is 18.2 Å². The number of rotatable bonds is 6. The van der Waals surface area contributed by atoms with Crippen LogP contribution in [0.4, 0.5) is 5.69 Å². The Kier molecular flexibility index (Phi) is 5.73. The molecule has 0 saturated carbocycles. The van der Waals surface area contributed by atoms with E-state index in [0.29, 0.717) is 5.92 Å². The number of nitrogens with zero attached hydrogens (tertiary/aromatic N) is 1. The molecule has 0 aliphatic carbocycles. The van der Waals surface area contributed by atoms with E-state index < -0.39 is 0 Å². The van der Waals surface area contributed by atoms with Crippen molar-refractivity contribution in [2.24, 2.45) is 5.92 Å². The van der Waals surface area contributed by atoms with Crippen LogP contribution in [0.15, 0.2) is 18.2 Å². The maximum absolute atomic E-state index is 12.1. The van der Waals surface area contributed by atoms with Crippen LogP contribution in [0.2, 0.25) is 0 Å². The van der Waals surface area contributed by atoms with E-state index in [-0.39, 0.29) is 11.9 Å². The molecule has 2 N–H and O–H groups in total. The van der Waals surface area contributed by atoms with Crippen LogP contribution < -0.4 is 25.0 Å². The number of amides is 1. The number of anilines is 1. The van der Waals surface area contributed by atoms with Crippen molar-refractivity contribution in [2.75, 3.05) is 50.4 Å². The second-order valence-electron chi connectivity index (χ2n) is 6.19. The SMILES string of the molecule is COc1cc(OC)cc(N2CCC(CNC(=O)C3CSCN3)C2)c1. The molecule has 2 fully saturated rings. The third-order valence-electron chi connectivity index (χ3n) is 4.58. The van der Waals surface area contributed by atoms with Crippen LogP contribution in [0.5, 0.6) is 11.5 Å². The molecule has 0 aromatic heterocycles. The molecule has 6 nitrogen and oxygen atoms in total. The highest BCUT2D eigenvalue weighted by atomic mass is 32.2. The van der Waals surface area contributed by atoms with Gasteiger partial charge in [0.05, 0.1) is 20.3 Å². The topological polar surface area (TPSA) is 62.8 Å². The van der Waals surface area contributed by atoms with Crippen molar-refractivity contribution in [2.45, 2.75) is 12.5 Å². The quantitative estimate of drug-likeness (QED) is 0.806. The van der Waals surface area contributed by atoms with Crippen molar-refractivity contribution in [1.82, 2.24) is 10.6 Å².